The molecule has 116 valence electrons. The van der Waals surface area contributed by atoms with E-state index in [0.717, 1.165) is 19.3 Å². The highest BCUT2D eigenvalue weighted by molar-refractivity contribution is 5.65. The standard InChI is InChI=1S/C17H30O3/c1-12(2)7-8-14-9-10-17(6,19)15(16(14,4)5)11-20-13(3)18/h7,14-15,19H,8-11H2,1-6H3/t14-,15-,17-/m0/s1. The van der Waals surface area contributed by atoms with Gasteiger partial charge >= 0.3 is 5.97 Å². The lowest BCUT2D eigenvalue weighted by Crippen LogP contribution is -2.53. The molecule has 0 amide bonds. The van der Waals surface area contributed by atoms with Gasteiger partial charge in [-0.15, -0.1) is 0 Å². The summed E-state index contributed by atoms with van der Waals surface area (Å²) in [5, 5.41) is 10.7. The third-order valence-electron chi connectivity index (χ3n) is 4.96. The van der Waals surface area contributed by atoms with Crippen molar-refractivity contribution in [3.63, 3.8) is 0 Å². The zero-order valence-electron chi connectivity index (χ0n) is 13.8. The van der Waals surface area contributed by atoms with Crippen LogP contribution in [0.25, 0.3) is 0 Å². The van der Waals surface area contributed by atoms with Crippen LogP contribution in [0.4, 0.5) is 0 Å². The van der Waals surface area contributed by atoms with Gasteiger partial charge in [0.1, 0.15) is 0 Å². The summed E-state index contributed by atoms with van der Waals surface area (Å²) in [4.78, 5) is 11.1. The average Bonchev–Trinajstić information content (AvgIpc) is 2.25. The van der Waals surface area contributed by atoms with Crippen LogP contribution in [0.1, 0.15) is 60.8 Å². The van der Waals surface area contributed by atoms with Crippen LogP contribution in [0.2, 0.25) is 0 Å². The zero-order chi connectivity index (χ0) is 15.6. The summed E-state index contributed by atoms with van der Waals surface area (Å²) in [6.45, 7) is 12.2. The average molecular weight is 282 g/mol. The van der Waals surface area contributed by atoms with Gasteiger partial charge in [0.2, 0.25) is 0 Å². The van der Waals surface area contributed by atoms with Gasteiger partial charge in [0, 0.05) is 12.8 Å². The Morgan fingerprint density at radius 1 is 1.30 bits per heavy atom. The van der Waals surface area contributed by atoms with E-state index in [0.29, 0.717) is 12.5 Å². The third kappa shape index (κ3) is 4.08. The second kappa shape index (κ2) is 6.30. The normalized spacial score (nSPS) is 32.5. The molecule has 1 N–H and O–H groups in total. The van der Waals surface area contributed by atoms with Gasteiger partial charge in [0.05, 0.1) is 12.2 Å². The molecule has 0 aromatic rings. The van der Waals surface area contributed by atoms with E-state index >= 15 is 0 Å². The fourth-order valence-corrected chi connectivity index (χ4v) is 3.49. The first-order chi connectivity index (χ1) is 9.07. The fourth-order valence-electron chi connectivity index (χ4n) is 3.49. The van der Waals surface area contributed by atoms with Crippen LogP contribution in [-0.2, 0) is 9.53 Å². The summed E-state index contributed by atoms with van der Waals surface area (Å²) >= 11 is 0. The maximum atomic E-state index is 11.1. The predicted octanol–water partition coefficient (Wildman–Crippen LogP) is 3.71. The van der Waals surface area contributed by atoms with Crippen LogP contribution < -0.4 is 0 Å². The molecule has 20 heavy (non-hydrogen) atoms. The Bertz CT molecular complexity index is 376. The predicted molar refractivity (Wildman–Crippen MR) is 81.3 cm³/mol. The molecule has 1 rings (SSSR count). The molecule has 0 heterocycles. The Morgan fingerprint density at radius 3 is 2.40 bits per heavy atom. The van der Waals surface area contributed by atoms with Crippen molar-refractivity contribution in [2.24, 2.45) is 17.3 Å². The van der Waals surface area contributed by atoms with E-state index in [9.17, 15) is 9.90 Å². The summed E-state index contributed by atoms with van der Waals surface area (Å²) in [5.74, 6) is 0.212. The van der Waals surface area contributed by atoms with Crippen LogP contribution >= 0.6 is 0 Å². The van der Waals surface area contributed by atoms with Crippen molar-refractivity contribution in [2.75, 3.05) is 6.61 Å². The van der Waals surface area contributed by atoms with Gasteiger partial charge in [-0.05, 0) is 51.4 Å². The monoisotopic (exact) mass is 282 g/mol. The molecular formula is C17H30O3. The van der Waals surface area contributed by atoms with E-state index in [1.54, 1.807) is 0 Å². The lowest BCUT2D eigenvalue weighted by Gasteiger charge is -2.52. The minimum Gasteiger partial charge on any atom is -0.465 e. The molecule has 0 bridgehead atoms. The Kier molecular flexibility index (Phi) is 5.42. The summed E-state index contributed by atoms with van der Waals surface area (Å²) in [6, 6.07) is 0. The van der Waals surface area contributed by atoms with Crippen molar-refractivity contribution in [3.8, 4) is 0 Å². The topological polar surface area (TPSA) is 46.5 Å². The maximum Gasteiger partial charge on any atom is 0.302 e. The molecule has 0 aromatic heterocycles. The number of carbonyl (C=O) groups is 1. The third-order valence-corrected chi connectivity index (χ3v) is 4.96. The van der Waals surface area contributed by atoms with E-state index in [1.807, 2.05) is 6.92 Å². The fraction of sp³-hybridized carbons (Fsp3) is 0.824. The van der Waals surface area contributed by atoms with E-state index in [1.165, 1.54) is 12.5 Å². The van der Waals surface area contributed by atoms with Gasteiger partial charge in [-0.25, -0.2) is 0 Å². The molecule has 0 spiro atoms. The molecule has 0 unspecified atom stereocenters. The smallest absolute Gasteiger partial charge is 0.302 e. The van der Waals surface area contributed by atoms with E-state index in [2.05, 4.69) is 33.8 Å². The quantitative estimate of drug-likeness (QED) is 0.631. The van der Waals surface area contributed by atoms with Gasteiger partial charge < -0.3 is 9.84 Å². The molecule has 0 aliphatic heterocycles. The van der Waals surface area contributed by atoms with Gasteiger partial charge in [-0.3, -0.25) is 4.79 Å². The van der Waals surface area contributed by atoms with Gasteiger partial charge in [-0.2, -0.15) is 0 Å². The molecule has 1 aliphatic rings. The zero-order valence-corrected chi connectivity index (χ0v) is 13.8. The number of hydrogen-bond acceptors (Lipinski definition) is 3. The van der Waals surface area contributed by atoms with Crippen molar-refractivity contribution in [1.29, 1.82) is 0 Å². The van der Waals surface area contributed by atoms with E-state index in [-0.39, 0.29) is 17.3 Å². The van der Waals surface area contributed by atoms with Crippen LogP contribution in [0, 0.1) is 17.3 Å². The number of carbonyl (C=O) groups excluding carboxylic acids is 1. The first-order valence-corrected chi connectivity index (χ1v) is 7.56. The Balaban J connectivity index is 2.90. The number of rotatable bonds is 4. The highest BCUT2D eigenvalue weighted by Crippen LogP contribution is 2.51. The maximum absolute atomic E-state index is 11.1. The Morgan fingerprint density at radius 2 is 1.90 bits per heavy atom. The molecule has 0 radical (unpaired) electrons. The van der Waals surface area contributed by atoms with Crippen molar-refractivity contribution < 1.29 is 14.6 Å². The molecule has 3 heteroatoms. The van der Waals surface area contributed by atoms with Crippen molar-refractivity contribution in [3.05, 3.63) is 11.6 Å². The number of aliphatic hydroxyl groups is 1. The Hall–Kier alpha value is -0.830. The van der Waals surface area contributed by atoms with Crippen molar-refractivity contribution in [1.82, 2.24) is 0 Å². The Labute approximate surface area is 123 Å². The number of allylic oxidation sites excluding steroid dienone is 2. The first-order valence-electron chi connectivity index (χ1n) is 7.56. The van der Waals surface area contributed by atoms with E-state index < -0.39 is 5.60 Å². The second-order valence-corrected chi connectivity index (χ2v) is 7.29. The van der Waals surface area contributed by atoms with Crippen LogP contribution in [0.3, 0.4) is 0 Å². The molecular weight excluding hydrogens is 252 g/mol. The molecule has 3 nitrogen and oxygen atoms in total. The highest BCUT2D eigenvalue weighted by Gasteiger charge is 2.50. The molecule has 0 saturated heterocycles. The second-order valence-electron chi connectivity index (χ2n) is 7.29. The van der Waals surface area contributed by atoms with Crippen molar-refractivity contribution >= 4 is 5.97 Å². The summed E-state index contributed by atoms with van der Waals surface area (Å²) < 4.78 is 5.21. The van der Waals surface area contributed by atoms with Crippen LogP contribution in [-0.4, -0.2) is 23.3 Å². The molecule has 3 atom stereocenters. The minimum atomic E-state index is -0.763. The number of ether oxygens (including phenoxy) is 1. The molecule has 0 aromatic carbocycles. The van der Waals surface area contributed by atoms with E-state index in [4.69, 9.17) is 4.74 Å². The molecule has 1 saturated carbocycles. The largest absolute Gasteiger partial charge is 0.465 e. The SMILES string of the molecule is CC(=O)OC[C@H]1C(C)(C)[C@@H](CC=C(C)C)CC[C@]1(C)O. The minimum absolute atomic E-state index is 0.0248. The lowest BCUT2D eigenvalue weighted by molar-refractivity contribution is -0.161. The van der Waals surface area contributed by atoms with Gasteiger partial charge in [0.25, 0.3) is 0 Å². The van der Waals surface area contributed by atoms with Gasteiger partial charge in [-0.1, -0.05) is 25.5 Å². The van der Waals surface area contributed by atoms with Crippen LogP contribution in [0.5, 0.6) is 0 Å². The molecule has 1 fully saturated rings. The highest BCUT2D eigenvalue weighted by atomic mass is 16.5. The van der Waals surface area contributed by atoms with Gasteiger partial charge in [0.15, 0.2) is 0 Å². The number of hydrogen-bond donors (Lipinski definition) is 1. The summed E-state index contributed by atoms with van der Waals surface area (Å²) in [7, 11) is 0. The summed E-state index contributed by atoms with van der Waals surface area (Å²) in [6.07, 6.45) is 5.08. The lowest BCUT2D eigenvalue weighted by atomic mass is 9.56. The number of esters is 1. The summed E-state index contributed by atoms with van der Waals surface area (Å²) in [5.41, 5.74) is 0.512. The van der Waals surface area contributed by atoms with Crippen LogP contribution in [0.15, 0.2) is 11.6 Å². The van der Waals surface area contributed by atoms with Crippen molar-refractivity contribution in [2.45, 2.75) is 66.4 Å². The first kappa shape index (κ1) is 17.2. The molecule has 1 aliphatic carbocycles.